The molecule has 1 amide bonds. The van der Waals surface area contributed by atoms with Crippen LogP contribution in [0, 0.1) is 0 Å². The van der Waals surface area contributed by atoms with Gasteiger partial charge in [-0.05, 0) is 51.8 Å². The average molecular weight is 488 g/mol. The maximum Gasteiger partial charge on any atom is 0.296 e. The molecule has 1 unspecified atom stereocenters. The van der Waals surface area contributed by atoms with Crippen LogP contribution in [-0.4, -0.2) is 26.8 Å². The molecule has 1 saturated heterocycles. The zero-order chi connectivity index (χ0) is 26.4. The van der Waals surface area contributed by atoms with Gasteiger partial charge in [-0.3, -0.25) is 9.59 Å². The highest BCUT2D eigenvalue weighted by Gasteiger charge is 2.47. The van der Waals surface area contributed by atoms with E-state index in [1.165, 1.54) is 11.2 Å². The lowest BCUT2D eigenvalue weighted by molar-refractivity contribution is -0.140. The van der Waals surface area contributed by atoms with E-state index in [2.05, 4.69) is 0 Å². The van der Waals surface area contributed by atoms with Crippen LogP contribution in [-0.2, 0) is 27.0 Å². The standard InChI is InChI=1S/C30H33NO5/c1-29(2,3)21-15-19(16-22(26(21)33)30(4,5)6)24-23(25(32)18-11-8-7-9-12-18)27(34)28(35)31(24)17-20-13-10-14-36-20/h7-16,24,32-33H,17H2,1-6H3/b25-23+. The van der Waals surface area contributed by atoms with Gasteiger partial charge >= 0.3 is 0 Å². The number of phenols is 1. The van der Waals surface area contributed by atoms with Crippen molar-refractivity contribution < 1.29 is 24.2 Å². The first kappa shape index (κ1) is 25.3. The van der Waals surface area contributed by atoms with Crippen molar-refractivity contribution in [3.8, 4) is 5.75 Å². The number of amides is 1. The molecule has 0 aliphatic carbocycles. The van der Waals surface area contributed by atoms with Crippen LogP contribution < -0.4 is 0 Å². The summed E-state index contributed by atoms with van der Waals surface area (Å²) in [5, 5.41) is 22.5. The first-order chi connectivity index (χ1) is 16.8. The van der Waals surface area contributed by atoms with E-state index in [1.54, 1.807) is 36.4 Å². The SMILES string of the molecule is CC(C)(C)c1cc(C2/C(=C(\O)c3ccccc3)C(=O)C(=O)N2Cc2ccco2)cc(C(C)(C)C)c1O. The first-order valence-corrected chi connectivity index (χ1v) is 12.0. The number of carbonyl (C=O) groups excluding carboxylic acids is 2. The zero-order valence-electron chi connectivity index (χ0n) is 21.6. The fraction of sp³-hybridized carbons (Fsp3) is 0.333. The van der Waals surface area contributed by atoms with Crippen molar-refractivity contribution in [1.29, 1.82) is 0 Å². The maximum absolute atomic E-state index is 13.4. The van der Waals surface area contributed by atoms with Crippen molar-refractivity contribution in [2.75, 3.05) is 0 Å². The molecule has 0 spiro atoms. The minimum Gasteiger partial charge on any atom is -0.507 e. The minimum absolute atomic E-state index is 0.0168. The van der Waals surface area contributed by atoms with Gasteiger partial charge in [-0.2, -0.15) is 0 Å². The molecular formula is C30H33NO5. The number of aliphatic hydroxyl groups is 1. The number of hydrogen-bond acceptors (Lipinski definition) is 5. The number of furan rings is 1. The zero-order valence-corrected chi connectivity index (χ0v) is 21.6. The van der Waals surface area contributed by atoms with Crippen LogP contribution >= 0.6 is 0 Å². The summed E-state index contributed by atoms with van der Waals surface area (Å²) in [5.74, 6) is -0.979. The van der Waals surface area contributed by atoms with Gasteiger partial charge in [0.05, 0.1) is 24.4 Å². The molecule has 0 radical (unpaired) electrons. The van der Waals surface area contributed by atoms with Crippen molar-refractivity contribution in [3.63, 3.8) is 0 Å². The molecule has 4 rings (SSSR count). The third-order valence-electron chi connectivity index (χ3n) is 6.56. The summed E-state index contributed by atoms with van der Waals surface area (Å²) in [5.41, 5.74) is 1.69. The topological polar surface area (TPSA) is 91.0 Å². The van der Waals surface area contributed by atoms with Crippen LogP contribution in [0.15, 0.2) is 70.9 Å². The van der Waals surface area contributed by atoms with E-state index in [1.807, 2.05) is 59.7 Å². The molecule has 2 aromatic carbocycles. The van der Waals surface area contributed by atoms with Gasteiger partial charge in [-0.15, -0.1) is 0 Å². The molecule has 2 heterocycles. The summed E-state index contributed by atoms with van der Waals surface area (Å²) >= 11 is 0. The second kappa shape index (κ2) is 9.01. The van der Waals surface area contributed by atoms with Crippen molar-refractivity contribution in [2.24, 2.45) is 0 Å². The number of phenolic OH excluding ortho intramolecular Hbond substituents is 1. The van der Waals surface area contributed by atoms with Crippen LogP contribution in [0.5, 0.6) is 5.75 Å². The van der Waals surface area contributed by atoms with E-state index in [4.69, 9.17) is 4.42 Å². The molecule has 1 fully saturated rings. The van der Waals surface area contributed by atoms with Gasteiger partial charge in [0.25, 0.3) is 11.7 Å². The Labute approximate surface area is 211 Å². The lowest BCUT2D eigenvalue weighted by atomic mass is 9.77. The smallest absolute Gasteiger partial charge is 0.296 e. The normalized spacial score (nSPS) is 18.2. The number of ketones is 1. The second-order valence-corrected chi connectivity index (χ2v) is 11.3. The molecule has 0 saturated carbocycles. The van der Waals surface area contributed by atoms with Gasteiger partial charge in [0, 0.05) is 5.56 Å². The van der Waals surface area contributed by atoms with E-state index in [0.29, 0.717) is 28.0 Å². The Morgan fingerprint density at radius 3 is 2.00 bits per heavy atom. The van der Waals surface area contributed by atoms with Gasteiger partial charge in [-0.25, -0.2) is 0 Å². The molecule has 188 valence electrons. The summed E-state index contributed by atoms with van der Waals surface area (Å²) in [6.07, 6.45) is 1.51. The van der Waals surface area contributed by atoms with Gasteiger partial charge < -0.3 is 19.5 Å². The molecule has 1 aromatic heterocycles. The average Bonchev–Trinajstić information content (AvgIpc) is 3.40. The minimum atomic E-state index is -0.863. The van der Waals surface area contributed by atoms with E-state index in [9.17, 15) is 19.8 Å². The fourth-order valence-corrected chi connectivity index (χ4v) is 4.67. The highest BCUT2D eigenvalue weighted by molar-refractivity contribution is 6.46. The Balaban J connectivity index is 2.02. The molecule has 3 aromatic rings. The molecule has 1 aliphatic heterocycles. The number of carbonyl (C=O) groups is 2. The summed E-state index contributed by atoms with van der Waals surface area (Å²) in [6, 6.07) is 15.0. The van der Waals surface area contributed by atoms with Gasteiger partial charge in [0.1, 0.15) is 17.3 Å². The fourth-order valence-electron chi connectivity index (χ4n) is 4.67. The molecule has 1 aliphatic rings. The summed E-state index contributed by atoms with van der Waals surface area (Å²) < 4.78 is 5.49. The third kappa shape index (κ3) is 4.55. The summed E-state index contributed by atoms with van der Waals surface area (Å²) in [4.78, 5) is 28.1. The van der Waals surface area contributed by atoms with Gasteiger partial charge in [-0.1, -0.05) is 71.9 Å². The van der Waals surface area contributed by atoms with Gasteiger partial charge in [0.15, 0.2) is 0 Å². The van der Waals surface area contributed by atoms with E-state index < -0.39 is 28.6 Å². The van der Waals surface area contributed by atoms with Gasteiger partial charge in [0.2, 0.25) is 0 Å². The number of benzene rings is 2. The third-order valence-corrected chi connectivity index (χ3v) is 6.56. The number of aliphatic hydroxyl groups excluding tert-OH is 1. The molecule has 1 atom stereocenters. The molecule has 0 bridgehead atoms. The Morgan fingerprint density at radius 2 is 1.50 bits per heavy atom. The van der Waals surface area contributed by atoms with E-state index in [0.717, 1.165) is 0 Å². The van der Waals surface area contributed by atoms with Crippen LogP contribution in [0.1, 0.15) is 75.6 Å². The Bertz CT molecular complexity index is 1290. The molecular weight excluding hydrogens is 454 g/mol. The number of likely N-dealkylation sites (tertiary alicyclic amines) is 1. The highest BCUT2D eigenvalue weighted by Crippen LogP contribution is 2.46. The van der Waals surface area contributed by atoms with Crippen LogP contribution in [0.4, 0.5) is 0 Å². The van der Waals surface area contributed by atoms with Crippen LogP contribution in [0.2, 0.25) is 0 Å². The lowest BCUT2D eigenvalue weighted by Gasteiger charge is -2.31. The maximum atomic E-state index is 13.4. The Hall–Kier alpha value is -3.80. The van der Waals surface area contributed by atoms with Crippen molar-refractivity contribution in [2.45, 2.75) is 65.0 Å². The van der Waals surface area contributed by atoms with Crippen molar-refractivity contribution in [3.05, 3.63) is 94.4 Å². The number of aromatic hydroxyl groups is 1. The lowest BCUT2D eigenvalue weighted by Crippen LogP contribution is -2.29. The summed E-state index contributed by atoms with van der Waals surface area (Å²) in [7, 11) is 0. The quantitative estimate of drug-likeness (QED) is 0.260. The largest absolute Gasteiger partial charge is 0.507 e. The highest BCUT2D eigenvalue weighted by atomic mass is 16.3. The second-order valence-electron chi connectivity index (χ2n) is 11.3. The molecule has 36 heavy (non-hydrogen) atoms. The predicted octanol–water partition coefficient (Wildman–Crippen LogP) is 6.20. The van der Waals surface area contributed by atoms with E-state index >= 15 is 0 Å². The Morgan fingerprint density at radius 1 is 0.917 bits per heavy atom. The first-order valence-electron chi connectivity index (χ1n) is 12.0. The predicted molar refractivity (Wildman–Crippen MR) is 139 cm³/mol. The van der Waals surface area contributed by atoms with E-state index in [-0.39, 0.29) is 23.6 Å². The number of nitrogens with zero attached hydrogens (tertiary/aromatic N) is 1. The number of hydrogen-bond donors (Lipinski definition) is 2. The summed E-state index contributed by atoms with van der Waals surface area (Å²) in [6.45, 7) is 12.1. The Kier molecular flexibility index (Phi) is 6.33. The van der Waals surface area contributed by atoms with Crippen molar-refractivity contribution in [1.82, 2.24) is 4.90 Å². The van der Waals surface area contributed by atoms with Crippen LogP contribution in [0.25, 0.3) is 5.76 Å². The van der Waals surface area contributed by atoms with Crippen LogP contribution in [0.3, 0.4) is 0 Å². The molecule has 6 heteroatoms. The molecule has 2 N–H and O–H groups in total. The number of rotatable bonds is 4. The monoisotopic (exact) mass is 487 g/mol. The number of Topliss-reactive ketones (excluding diaryl/α,β-unsaturated/α-hetero) is 1. The molecule has 6 nitrogen and oxygen atoms in total. The van der Waals surface area contributed by atoms with Crippen molar-refractivity contribution >= 4 is 17.4 Å².